The van der Waals surface area contributed by atoms with E-state index in [2.05, 4.69) is 0 Å². The van der Waals surface area contributed by atoms with E-state index < -0.39 is 0 Å². The number of hydrogen-bond acceptors (Lipinski definition) is 3. The van der Waals surface area contributed by atoms with Crippen molar-refractivity contribution in [3.05, 3.63) is 0 Å². The van der Waals surface area contributed by atoms with Gasteiger partial charge in [0.25, 0.3) is 0 Å². The molecule has 0 aromatic carbocycles. The van der Waals surface area contributed by atoms with Crippen molar-refractivity contribution in [3.63, 3.8) is 0 Å². The van der Waals surface area contributed by atoms with Crippen molar-refractivity contribution in [2.75, 3.05) is 7.11 Å². The van der Waals surface area contributed by atoms with Crippen molar-refractivity contribution in [1.29, 1.82) is 0 Å². The molecule has 0 radical (unpaired) electrons. The van der Waals surface area contributed by atoms with Crippen molar-refractivity contribution >= 4 is 23.1 Å². The summed E-state index contributed by atoms with van der Waals surface area (Å²) in [6.07, 6.45) is 22.9. The molecule has 0 rings (SSSR count). The molecule has 0 aromatic rings. The Morgan fingerprint density at radius 1 is 0.690 bits per heavy atom. The molecule has 0 amide bonds. The molecule has 0 bridgehead atoms. The van der Waals surface area contributed by atoms with Gasteiger partial charge in [-0.3, -0.25) is 4.79 Å². The second-order valence-corrected chi connectivity index (χ2v) is 9.46. The summed E-state index contributed by atoms with van der Waals surface area (Å²) < 4.78 is 4.94. The molecule has 0 fully saturated rings. The predicted octanol–water partition coefficient (Wildman–Crippen LogP) is 8.40. The van der Waals surface area contributed by atoms with Crippen LogP contribution in [0, 0.1) is 0 Å². The van der Waals surface area contributed by atoms with E-state index in [0.717, 1.165) is 32.0 Å². The maximum absolute atomic E-state index is 10.6. The molecule has 174 valence electrons. The van der Waals surface area contributed by atoms with Gasteiger partial charge in [0.15, 0.2) is 0 Å². The second-order valence-electron chi connectivity index (χ2n) is 9.03. The van der Waals surface area contributed by atoms with Crippen molar-refractivity contribution in [1.82, 2.24) is 0 Å². The van der Waals surface area contributed by atoms with Gasteiger partial charge in [0, 0.05) is 20.0 Å². The second kappa shape index (κ2) is 23.9. The highest BCUT2D eigenvalue weighted by Crippen LogP contribution is 2.14. The normalized spacial score (nSPS) is 11.1. The van der Waals surface area contributed by atoms with Crippen LogP contribution in [0.3, 0.4) is 0 Å². The molecule has 3 nitrogen and oxygen atoms in total. The first kappa shape index (κ1) is 30.8. The molecule has 0 aliphatic carbocycles. The van der Waals surface area contributed by atoms with E-state index >= 15 is 0 Å². The smallest absolute Gasteiger partial charge is 0.221 e. The molecule has 0 aromatic heterocycles. The van der Waals surface area contributed by atoms with Gasteiger partial charge >= 0.3 is 0 Å². The number of ether oxygens (including phenoxy) is 1. The van der Waals surface area contributed by atoms with Crippen LogP contribution in [-0.4, -0.2) is 24.2 Å². The van der Waals surface area contributed by atoms with Crippen molar-refractivity contribution in [3.8, 4) is 0 Å². The number of carbonyl (C=O) groups is 2. The maximum atomic E-state index is 10.6. The zero-order valence-corrected chi connectivity index (χ0v) is 20.7. The van der Waals surface area contributed by atoms with Gasteiger partial charge in [0.2, 0.25) is 5.24 Å². The van der Waals surface area contributed by atoms with E-state index in [0.29, 0.717) is 6.42 Å². The van der Waals surface area contributed by atoms with Gasteiger partial charge in [0.1, 0.15) is 6.29 Å². The minimum atomic E-state index is -0.192. The zero-order valence-electron chi connectivity index (χ0n) is 19.9. The Kier molecular flexibility index (Phi) is 25.3. The molecule has 0 saturated carbocycles. The molecule has 0 aliphatic heterocycles. The van der Waals surface area contributed by atoms with Crippen LogP contribution in [0.15, 0.2) is 0 Å². The Morgan fingerprint density at radius 2 is 0.966 bits per heavy atom. The fourth-order valence-corrected chi connectivity index (χ4v) is 3.10. The topological polar surface area (TPSA) is 43.4 Å². The number of halogens is 1. The first-order valence-corrected chi connectivity index (χ1v) is 12.4. The van der Waals surface area contributed by atoms with Gasteiger partial charge in [0.05, 0.1) is 5.60 Å². The third-order valence-corrected chi connectivity index (χ3v) is 5.25. The first-order valence-electron chi connectivity index (χ1n) is 12.0. The fraction of sp³-hybridized carbons (Fsp3) is 0.920. The Hall–Kier alpha value is -0.410. The van der Waals surface area contributed by atoms with Gasteiger partial charge in [-0.25, -0.2) is 0 Å². The molecule has 0 aliphatic rings. The van der Waals surface area contributed by atoms with E-state index in [1.54, 1.807) is 7.11 Å². The Morgan fingerprint density at radius 3 is 1.21 bits per heavy atom. The number of methoxy groups -OCH3 is 1. The first-order chi connectivity index (χ1) is 13.8. The van der Waals surface area contributed by atoms with Crippen LogP contribution in [0.1, 0.15) is 136 Å². The average molecular weight is 433 g/mol. The average Bonchev–Trinajstić information content (AvgIpc) is 2.66. The highest BCUT2D eigenvalue weighted by molar-refractivity contribution is 6.63. The monoisotopic (exact) mass is 432 g/mol. The maximum Gasteiger partial charge on any atom is 0.221 e. The lowest BCUT2D eigenvalue weighted by Crippen LogP contribution is -2.15. The lowest BCUT2D eigenvalue weighted by molar-refractivity contribution is -0.111. The van der Waals surface area contributed by atoms with Gasteiger partial charge < -0.3 is 9.53 Å². The summed E-state index contributed by atoms with van der Waals surface area (Å²) in [5.41, 5.74) is 0.0417. The highest BCUT2D eigenvalue weighted by Gasteiger charge is 2.04. The standard InChI is InChI=1S/C20H37ClO2.C5H12O/c21-20(23)18-16-14-12-10-8-6-4-2-1-3-5-7-9-11-13-15-17-19-22;1-5(2,3)6-4/h19H,1-18H2;1-4H3. The lowest BCUT2D eigenvalue weighted by Gasteiger charge is -2.14. The fourth-order valence-electron chi connectivity index (χ4n) is 2.97. The lowest BCUT2D eigenvalue weighted by atomic mass is 10.0. The molecule has 4 heteroatoms. The quantitative estimate of drug-likeness (QED) is 0.117. The summed E-state index contributed by atoms with van der Waals surface area (Å²) in [6, 6.07) is 0. The largest absolute Gasteiger partial charge is 0.379 e. The molecule has 0 atom stereocenters. The van der Waals surface area contributed by atoms with Crippen molar-refractivity contribution < 1.29 is 14.3 Å². The van der Waals surface area contributed by atoms with Crippen LogP contribution < -0.4 is 0 Å². The van der Waals surface area contributed by atoms with Crippen LogP contribution in [-0.2, 0) is 14.3 Å². The Labute approximate surface area is 186 Å². The molecule has 0 N–H and O–H groups in total. The summed E-state index contributed by atoms with van der Waals surface area (Å²) in [6.45, 7) is 6.06. The van der Waals surface area contributed by atoms with Crippen LogP contribution in [0.5, 0.6) is 0 Å². The Bertz CT molecular complexity index is 350. The van der Waals surface area contributed by atoms with Crippen LogP contribution in [0.4, 0.5) is 0 Å². The third kappa shape index (κ3) is 35.4. The van der Waals surface area contributed by atoms with Gasteiger partial charge in [-0.15, -0.1) is 0 Å². The van der Waals surface area contributed by atoms with Gasteiger partial charge in [-0.1, -0.05) is 89.9 Å². The Balaban J connectivity index is 0. The molecule has 0 spiro atoms. The molecule has 0 heterocycles. The highest BCUT2D eigenvalue weighted by atomic mass is 35.5. The van der Waals surface area contributed by atoms with E-state index in [9.17, 15) is 9.59 Å². The van der Waals surface area contributed by atoms with E-state index in [-0.39, 0.29) is 10.8 Å². The van der Waals surface area contributed by atoms with Gasteiger partial charge in [-0.05, 0) is 45.2 Å². The van der Waals surface area contributed by atoms with Gasteiger partial charge in [-0.2, -0.15) is 0 Å². The molecular weight excluding hydrogens is 384 g/mol. The summed E-state index contributed by atoms with van der Waals surface area (Å²) in [7, 11) is 1.71. The summed E-state index contributed by atoms with van der Waals surface area (Å²) in [5.74, 6) is 0. The van der Waals surface area contributed by atoms with Crippen LogP contribution in [0.2, 0.25) is 0 Å². The summed E-state index contributed by atoms with van der Waals surface area (Å²) in [5, 5.41) is -0.192. The SMILES string of the molecule is COC(C)(C)C.O=CCCCCCCCCCCCCCCCCCCC(=O)Cl. The van der Waals surface area contributed by atoms with E-state index in [1.165, 1.54) is 83.5 Å². The van der Waals surface area contributed by atoms with Crippen molar-refractivity contribution in [2.45, 2.75) is 142 Å². The number of rotatable bonds is 19. The number of aldehydes is 1. The molecule has 0 unspecified atom stereocenters. The number of hydrogen-bond donors (Lipinski definition) is 0. The van der Waals surface area contributed by atoms with E-state index in [4.69, 9.17) is 16.3 Å². The van der Waals surface area contributed by atoms with E-state index in [1.807, 2.05) is 20.8 Å². The number of carbonyl (C=O) groups excluding carboxylic acids is 2. The molecule has 0 saturated heterocycles. The predicted molar refractivity (Wildman–Crippen MR) is 127 cm³/mol. The minimum Gasteiger partial charge on any atom is -0.379 e. The molecule has 29 heavy (non-hydrogen) atoms. The van der Waals surface area contributed by atoms with Crippen LogP contribution >= 0.6 is 11.6 Å². The van der Waals surface area contributed by atoms with Crippen molar-refractivity contribution in [2.24, 2.45) is 0 Å². The third-order valence-electron chi connectivity index (χ3n) is 5.06. The summed E-state index contributed by atoms with van der Waals surface area (Å²) >= 11 is 5.30. The zero-order chi connectivity index (χ0) is 22.2. The number of unbranched alkanes of at least 4 members (excludes halogenated alkanes) is 16. The summed E-state index contributed by atoms with van der Waals surface area (Å²) in [4.78, 5) is 20.7. The molecular formula is C25H49ClO3. The minimum absolute atomic E-state index is 0.0417. The van der Waals surface area contributed by atoms with Crippen LogP contribution in [0.25, 0.3) is 0 Å².